The summed E-state index contributed by atoms with van der Waals surface area (Å²) in [5.41, 5.74) is -0.900. The maximum Gasteiger partial charge on any atom is 0.417 e. The topological polar surface area (TPSA) is 82.8 Å². The van der Waals surface area contributed by atoms with Crippen LogP contribution in [0.1, 0.15) is 40.9 Å². The molecule has 0 aromatic heterocycles. The van der Waals surface area contributed by atoms with Gasteiger partial charge < -0.3 is 14.6 Å². The zero-order chi connectivity index (χ0) is 23.7. The summed E-state index contributed by atoms with van der Waals surface area (Å²) in [6.45, 7) is 4.50. The summed E-state index contributed by atoms with van der Waals surface area (Å²) >= 11 is 0. The first kappa shape index (κ1) is 23.6. The maximum atomic E-state index is 13.3. The van der Waals surface area contributed by atoms with Gasteiger partial charge in [-0.15, -0.1) is 0 Å². The zero-order valence-electron chi connectivity index (χ0n) is 17.8. The summed E-state index contributed by atoms with van der Waals surface area (Å²) < 4.78 is 50.3. The van der Waals surface area contributed by atoms with Crippen LogP contribution >= 0.6 is 0 Å². The monoisotopic (exact) mass is 448 g/mol. The molecule has 3 rings (SSSR count). The van der Waals surface area contributed by atoms with Gasteiger partial charge in [-0.3, -0.25) is 4.90 Å². The smallest absolute Gasteiger partial charge is 0.417 e. The molecule has 1 aliphatic heterocycles. The van der Waals surface area contributed by atoms with Crippen molar-refractivity contribution >= 4 is 5.97 Å². The molecule has 2 aromatic rings. The van der Waals surface area contributed by atoms with Crippen molar-refractivity contribution in [2.75, 3.05) is 13.7 Å². The molecule has 1 N–H and O–H groups in total. The fraction of sp³-hybridized carbons (Fsp3) is 0.391. The molecule has 0 spiro atoms. The molecule has 2 unspecified atom stereocenters. The van der Waals surface area contributed by atoms with Gasteiger partial charge >= 0.3 is 12.1 Å². The number of rotatable bonds is 5. The van der Waals surface area contributed by atoms with E-state index < -0.39 is 41.0 Å². The Morgan fingerprint density at radius 1 is 1.25 bits per heavy atom. The lowest BCUT2D eigenvalue weighted by molar-refractivity contribution is -0.138. The molecule has 0 amide bonds. The van der Waals surface area contributed by atoms with Crippen molar-refractivity contribution in [3.8, 4) is 11.8 Å². The average Bonchev–Trinajstić information content (AvgIpc) is 2.95. The second kappa shape index (κ2) is 8.81. The van der Waals surface area contributed by atoms with E-state index in [1.165, 1.54) is 19.2 Å². The van der Waals surface area contributed by atoms with Gasteiger partial charge in [-0.2, -0.15) is 18.4 Å². The average molecular weight is 448 g/mol. The number of carbonyl (C=O) groups is 1. The van der Waals surface area contributed by atoms with Gasteiger partial charge in [0.25, 0.3) is 0 Å². The van der Waals surface area contributed by atoms with Gasteiger partial charge in [-0.25, -0.2) is 4.79 Å². The highest BCUT2D eigenvalue weighted by Crippen LogP contribution is 2.39. The molecule has 2 aromatic carbocycles. The molecule has 0 aliphatic carbocycles. The van der Waals surface area contributed by atoms with E-state index in [4.69, 9.17) is 10.00 Å². The number of hydrogen-bond donors (Lipinski definition) is 1. The number of nitrogens with zero attached hydrogens (tertiary/aromatic N) is 2. The number of ether oxygens (including phenoxy) is 2. The Kier molecular flexibility index (Phi) is 6.49. The molecular weight excluding hydrogens is 425 g/mol. The van der Waals surface area contributed by atoms with Crippen LogP contribution in [0.2, 0.25) is 0 Å². The molecule has 1 fully saturated rings. The van der Waals surface area contributed by atoms with Crippen molar-refractivity contribution in [3.05, 3.63) is 64.7 Å². The number of alkyl halides is 3. The van der Waals surface area contributed by atoms with E-state index in [0.717, 1.165) is 17.7 Å². The van der Waals surface area contributed by atoms with E-state index in [-0.39, 0.29) is 5.75 Å². The normalized spacial score (nSPS) is 20.6. The number of likely N-dealkylation sites (tertiary alicyclic amines) is 1. The van der Waals surface area contributed by atoms with Gasteiger partial charge in [0.1, 0.15) is 18.1 Å². The van der Waals surface area contributed by atoms with E-state index in [2.05, 4.69) is 4.74 Å². The first-order chi connectivity index (χ1) is 15.0. The van der Waals surface area contributed by atoms with Gasteiger partial charge in [0.2, 0.25) is 0 Å². The van der Waals surface area contributed by atoms with Crippen LogP contribution in [-0.2, 0) is 17.5 Å². The second-order valence-electron chi connectivity index (χ2n) is 8.35. The Hall–Kier alpha value is -3.09. The third-order valence-corrected chi connectivity index (χ3v) is 5.47. The molecule has 1 heterocycles. The number of aliphatic hydroxyl groups is 1. The minimum Gasteiger partial charge on any atom is -0.486 e. The fourth-order valence-electron chi connectivity index (χ4n) is 3.85. The molecular formula is C23H23F3N2O4. The summed E-state index contributed by atoms with van der Waals surface area (Å²) in [6.07, 6.45) is -6.57. The summed E-state index contributed by atoms with van der Waals surface area (Å²) in [5, 5.41) is 19.8. The summed E-state index contributed by atoms with van der Waals surface area (Å²) in [7, 11) is 1.30. The van der Waals surface area contributed by atoms with Crippen LogP contribution in [0.15, 0.2) is 42.5 Å². The van der Waals surface area contributed by atoms with Crippen molar-refractivity contribution < 1.29 is 32.5 Å². The third-order valence-electron chi connectivity index (χ3n) is 5.47. The number of nitriles is 1. The van der Waals surface area contributed by atoms with Gasteiger partial charge in [-0.05, 0) is 35.9 Å². The number of halogens is 3. The van der Waals surface area contributed by atoms with Crippen LogP contribution in [-0.4, -0.2) is 42.0 Å². The Labute approximate surface area is 183 Å². The van der Waals surface area contributed by atoms with Gasteiger partial charge in [-0.1, -0.05) is 26.0 Å². The highest BCUT2D eigenvalue weighted by molar-refractivity contribution is 5.89. The first-order valence-electron chi connectivity index (χ1n) is 9.83. The van der Waals surface area contributed by atoms with E-state index in [9.17, 15) is 23.1 Å². The van der Waals surface area contributed by atoms with Crippen molar-refractivity contribution in [1.82, 2.24) is 4.90 Å². The van der Waals surface area contributed by atoms with Crippen molar-refractivity contribution in [2.45, 2.75) is 38.9 Å². The fourth-order valence-corrected chi connectivity index (χ4v) is 3.85. The molecule has 9 heteroatoms. The van der Waals surface area contributed by atoms with Crippen LogP contribution in [0, 0.1) is 16.7 Å². The minimum atomic E-state index is -4.70. The lowest BCUT2D eigenvalue weighted by atomic mass is 9.89. The van der Waals surface area contributed by atoms with E-state index >= 15 is 0 Å². The molecule has 0 radical (unpaired) electrons. The number of esters is 1. The minimum absolute atomic E-state index is 0.0715. The van der Waals surface area contributed by atoms with Crippen molar-refractivity contribution in [2.24, 2.45) is 5.41 Å². The lowest BCUT2D eigenvalue weighted by Crippen LogP contribution is -2.40. The third kappa shape index (κ3) is 4.87. The zero-order valence-corrected chi connectivity index (χ0v) is 17.8. The number of carbonyl (C=O) groups excluding carboxylic acids is 1. The summed E-state index contributed by atoms with van der Waals surface area (Å²) in [4.78, 5) is 13.3. The molecule has 6 nitrogen and oxygen atoms in total. The number of hydrogen-bond acceptors (Lipinski definition) is 6. The Balaban J connectivity index is 1.78. The van der Waals surface area contributed by atoms with Crippen molar-refractivity contribution in [3.63, 3.8) is 0 Å². The van der Waals surface area contributed by atoms with E-state index in [0.29, 0.717) is 18.7 Å². The molecule has 32 heavy (non-hydrogen) atoms. The standard InChI is InChI=1S/C23H23F3N2O4/c1-22(2)13-28(12-14-4-6-15(7-5-14)21(30)31-3)20(29)19(22)32-17-9-8-16(11-27)18(10-17)23(24,25)26/h4-10,19-20,29H,12-13H2,1-3H3. The van der Waals surface area contributed by atoms with E-state index in [1.807, 2.05) is 13.8 Å². The molecule has 1 saturated heterocycles. The molecule has 0 bridgehead atoms. The Morgan fingerprint density at radius 2 is 1.91 bits per heavy atom. The van der Waals surface area contributed by atoms with Crippen LogP contribution in [0.25, 0.3) is 0 Å². The number of methoxy groups -OCH3 is 1. The van der Waals surface area contributed by atoms with Crippen molar-refractivity contribution in [1.29, 1.82) is 5.26 Å². The maximum absolute atomic E-state index is 13.3. The molecule has 0 saturated carbocycles. The first-order valence-corrected chi connectivity index (χ1v) is 9.83. The molecule has 1 aliphatic rings. The predicted molar refractivity (Wildman–Crippen MR) is 109 cm³/mol. The van der Waals surface area contributed by atoms with Gasteiger partial charge in [0.15, 0.2) is 0 Å². The SMILES string of the molecule is COC(=O)c1ccc(CN2CC(C)(C)C(Oc3ccc(C#N)c(C(F)(F)F)c3)C2O)cc1. The van der Waals surface area contributed by atoms with Gasteiger partial charge in [0, 0.05) is 18.5 Å². The predicted octanol–water partition coefficient (Wildman–Crippen LogP) is 3.97. The van der Waals surface area contributed by atoms with Crippen LogP contribution < -0.4 is 4.74 Å². The molecule has 2 atom stereocenters. The highest BCUT2D eigenvalue weighted by Gasteiger charge is 2.48. The second-order valence-corrected chi connectivity index (χ2v) is 8.35. The Morgan fingerprint density at radius 3 is 2.47 bits per heavy atom. The number of aliphatic hydroxyl groups excluding tert-OH is 1. The molecule has 170 valence electrons. The lowest BCUT2D eigenvalue weighted by Gasteiger charge is -2.28. The largest absolute Gasteiger partial charge is 0.486 e. The van der Waals surface area contributed by atoms with Crippen LogP contribution in [0.5, 0.6) is 5.75 Å². The highest BCUT2D eigenvalue weighted by atomic mass is 19.4. The van der Waals surface area contributed by atoms with Crippen LogP contribution in [0.4, 0.5) is 13.2 Å². The quantitative estimate of drug-likeness (QED) is 0.697. The summed E-state index contributed by atoms with van der Waals surface area (Å²) in [5.74, 6) is -0.522. The van der Waals surface area contributed by atoms with Gasteiger partial charge in [0.05, 0.1) is 29.9 Å². The van der Waals surface area contributed by atoms with Crippen LogP contribution in [0.3, 0.4) is 0 Å². The number of benzene rings is 2. The Bertz CT molecular complexity index is 1030. The summed E-state index contributed by atoms with van der Waals surface area (Å²) in [6, 6.07) is 11.4. The van der Waals surface area contributed by atoms with E-state index in [1.54, 1.807) is 29.2 Å².